The topological polar surface area (TPSA) is 79.7 Å². The highest BCUT2D eigenvalue weighted by Crippen LogP contribution is 2.47. The van der Waals surface area contributed by atoms with Gasteiger partial charge in [0, 0.05) is 31.2 Å². The molecule has 3 atom stereocenters. The quantitative estimate of drug-likeness (QED) is 0.709. The Bertz CT molecular complexity index is 1130. The van der Waals surface area contributed by atoms with Crippen LogP contribution in [0.3, 0.4) is 0 Å². The van der Waals surface area contributed by atoms with E-state index in [2.05, 4.69) is 11.4 Å². The third-order valence-electron chi connectivity index (χ3n) is 6.66. The Morgan fingerprint density at radius 3 is 2.75 bits per heavy atom. The molecule has 1 saturated heterocycles. The Kier molecular flexibility index (Phi) is 5.28. The Morgan fingerprint density at radius 1 is 1.19 bits per heavy atom. The zero-order valence-electron chi connectivity index (χ0n) is 17.8. The van der Waals surface area contributed by atoms with E-state index in [1.165, 1.54) is 0 Å². The summed E-state index contributed by atoms with van der Waals surface area (Å²) in [5.41, 5.74) is 3.08. The van der Waals surface area contributed by atoms with Crippen LogP contribution in [0, 0.1) is 17.2 Å². The average Bonchev–Trinajstić information content (AvgIpc) is 3.48. The normalized spacial score (nSPS) is 23.2. The first-order chi connectivity index (χ1) is 15.5. The molecular formula is C24H24ClN5O2. The van der Waals surface area contributed by atoms with Crippen molar-refractivity contribution < 1.29 is 9.59 Å². The number of hydrogen-bond donors (Lipinski definition) is 1. The monoisotopic (exact) mass is 449 g/mol. The van der Waals surface area contributed by atoms with Crippen LogP contribution in [0.5, 0.6) is 0 Å². The summed E-state index contributed by atoms with van der Waals surface area (Å²) in [6.07, 6.45) is 1.81. The molecule has 2 aromatic rings. The zero-order valence-corrected chi connectivity index (χ0v) is 18.5. The number of carbonyl (C=O) groups excluding carboxylic acids is 2. The van der Waals surface area contributed by atoms with Crippen molar-refractivity contribution in [1.82, 2.24) is 10.2 Å². The standard InChI is InChI=1S/C24H24ClN5O2/c1-28-19-7-6-16(25)12-18(19)24(32)29(21-5-3-2-4-20(21)28)9-8-27-14-23(31)30-17(13-26)10-15-11-22(15)30/h2-7,12,15,17,22,27H,8-11,14H2,1H3/t15-,17+,22+/m1/s1. The number of fused-ring (bicyclic) bond motifs is 3. The first-order valence-corrected chi connectivity index (χ1v) is 11.2. The highest BCUT2D eigenvalue weighted by Gasteiger charge is 2.53. The van der Waals surface area contributed by atoms with Crippen molar-refractivity contribution >= 4 is 40.5 Å². The first kappa shape index (κ1) is 20.8. The lowest BCUT2D eigenvalue weighted by molar-refractivity contribution is -0.131. The van der Waals surface area contributed by atoms with Crippen LogP contribution in [0.1, 0.15) is 23.2 Å². The third-order valence-corrected chi connectivity index (χ3v) is 6.89. The molecule has 0 unspecified atom stereocenters. The molecule has 2 aliphatic heterocycles. The van der Waals surface area contributed by atoms with Gasteiger partial charge in [-0.15, -0.1) is 0 Å². The van der Waals surface area contributed by atoms with Gasteiger partial charge in [0.15, 0.2) is 0 Å². The molecule has 32 heavy (non-hydrogen) atoms. The molecular weight excluding hydrogens is 426 g/mol. The predicted octanol–water partition coefficient (Wildman–Crippen LogP) is 3.17. The van der Waals surface area contributed by atoms with Crippen LogP contribution in [0.2, 0.25) is 5.02 Å². The lowest BCUT2D eigenvalue weighted by atomic mass is 10.1. The molecule has 2 aromatic carbocycles. The molecule has 5 rings (SSSR count). The second kappa shape index (κ2) is 8.12. The minimum Gasteiger partial charge on any atom is -0.342 e. The SMILES string of the molecule is CN1c2ccc(Cl)cc2C(=O)N(CCNCC(=O)N2[C@H](C#N)C[C@@H]3C[C@@H]32)c2ccccc21. The number of likely N-dealkylation sites (tertiary alicyclic amines) is 1. The molecule has 1 N–H and O–H groups in total. The molecule has 1 aliphatic carbocycles. The fraction of sp³-hybridized carbons (Fsp3) is 0.375. The number of para-hydroxylation sites is 2. The van der Waals surface area contributed by atoms with E-state index in [-0.39, 0.29) is 30.4 Å². The molecule has 0 bridgehead atoms. The molecule has 1 saturated carbocycles. The molecule has 7 nitrogen and oxygen atoms in total. The van der Waals surface area contributed by atoms with Gasteiger partial charge in [-0.05, 0) is 49.1 Å². The van der Waals surface area contributed by atoms with Gasteiger partial charge in [0.25, 0.3) is 5.91 Å². The minimum atomic E-state index is -0.302. The van der Waals surface area contributed by atoms with Gasteiger partial charge in [-0.1, -0.05) is 23.7 Å². The van der Waals surface area contributed by atoms with E-state index in [1.54, 1.807) is 21.9 Å². The van der Waals surface area contributed by atoms with Gasteiger partial charge in [-0.2, -0.15) is 5.26 Å². The number of benzene rings is 2. The number of nitrogens with one attached hydrogen (secondary N) is 1. The van der Waals surface area contributed by atoms with Crippen molar-refractivity contribution in [2.75, 3.05) is 36.5 Å². The number of nitriles is 1. The van der Waals surface area contributed by atoms with Gasteiger partial charge in [0.05, 0.1) is 35.2 Å². The number of carbonyl (C=O) groups is 2. The fourth-order valence-electron chi connectivity index (χ4n) is 4.96. The summed E-state index contributed by atoms with van der Waals surface area (Å²) < 4.78 is 0. The van der Waals surface area contributed by atoms with Crippen LogP contribution in [-0.4, -0.2) is 55.5 Å². The van der Waals surface area contributed by atoms with Crippen LogP contribution in [0.25, 0.3) is 0 Å². The summed E-state index contributed by atoms with van der Waals surface area (Å²) in [5, 5.41) is 13.0. The van der Waals surface area contributed by atoms with Crippen LogP contribution in [0.15, 0.2) is 42.5 Å². The number of piperidine rings is 1. The molecule has 2 heterocycles. The molecule has 0 radical (unpaired) electrons. The molecule has 2 amide bonds. The van der Waals surface area contributed by atoms with E-state index in [0.717, 1.165) is 29.9 Å². The average molecular weight is 450 g/mol. The summed E-state index contributed by atoms with van der Waals surface area (Å²) in [6.45, 7) is 1.01. The van der Waals surface area contributed by atoms with E-state index in [9.17, 15) is 14.9 Å². The van der Waals surface area contributed by atoms with Crippen LogP contribution >= 0.6 is 11.6 Å². The van der Waals surface area contributed by atoms with Gasteiger partial charge in [0.2, 0.25) is 5.91 Å². The van der Waals surface area contributed by atoms with Gasteiger partial charge < -0.3 is 20.0 Å². The van der Waals surface area contributed by atoms with Gasteiger partial charge >= 0.3 is 0 Å². The number of nitrogens with zero attached hydrogens (tertiary/aromatic N) is 4. The number of amides is 2. The third kappa shape index (κ3) is 3.50. The zero-order chi connectivity index (χ0) is 22.4. The van der Waals surface area contributed by atoms with E-state index >= 15 is 0 Å². The van der Waals surface area contributed by atoms with Crippen molar-refractivity contribution in [3.8, 4) is 6.07 Å². The lowest BCUT2D eigenvalue weighted by Gasteiger charge is -2.25. The first-order valence-electron chi connectivity index (χ1n) is 10.8. The maximum Gasteiger partial charge on any atom is 0.260 e. The fourth-order valence-corrected chi connectivity index (χ4v) is 5.13. The van der Waals surface area contributed by atoms with E-state index < -0.39 is 0 Å². The predicted molar refractivity (Wildman–Crippen MR) is 123 cm³/mol. The molecule has 2 fully saturated rings. The summed E-state index contributed by atoms with van der Waals surface area (Å²) in [7, 11) is 1.94. The highest BCUT2D eigenvalue weighted by atomic mass is 35.5. The van der Waals surface area contributed by atoms with Crippen molar-refractivity contribution in [3.63, 3.8) is 0 Å². The second-order valence-corrected chi connectivity index (χ2v) is 9.02. The van der Waals surface area contributed by atoms with Gasteiger partial charge in [0.1, 0.15) is 6.04 Å². The summed E-state index contributed by atoms with van der Waals surface area (Å²) in [5.74, 6) is 0.331. The second-order valence-electron chi connectivity index (χ2n) is 8.59. The Hall–Kier alpha value is -3.08. The highest BCUT2D eigenvalue weighted by molar-refractivity contribution is 6.31. The van der Waals surface area contributed by atoms with Gasteiger partial charge in [-0.25, -0.2) is 0 Å². The number of rotatable bonds is 5. The Labute approximate surface area is 192 Å². The lowest BCUT2D eigenvalue weighted by Crippen LogP contribution is -2.44. The van der Waals surface area contributed by atoms with Crippen LogP contribution in [0.4, 0.5) is 17.1 Å². The number of anilines is 3. The molecule has 0 spiro atoms. The van der Waals surface area contributed by atoms with Crippen molar-refractivity contribution in [1.29, 1.82) is 5.26 Å². The maximum absolute atomic E-state index is 13.5. The molecule has 3 aliphatic rings. The maximum atomic E-state index is 13.5. The number of halogens is 1. The van der Waals surface area contributed by atoms with Crippen molar-refractivity contribution in [2.45, 2.75) is 24.9 Å². The van der Waals surface area contributed by atoms with Crippen molar-refractivity contribution in [2.24, 2.45) is 5.92 Å². The smallest absolute Gasteiger partial charge is 0.260 e. The Morgan fingerprint density at radius 2 is 1.97 bits per heavy atom. The van der Waals surface area contributed by atoms with Crippen LogP contribution < -0.4 is 15.1 Å². The molecule has 164 valence electrons. The summed E-state index contributed by atoms with van der Waals surface area (Å²) in [6, 6.07) is 15.3. The largest absolute Gasteiger partial charge is 0.342 e. The van der Waals surface area contributed by atoms with Gasteiger partial charge in [-0.3, -0.25) is 9.59 Å². The molecule has 0 aromatic heterocycles. The van der Waals surface area contributed by atoms with Crippen molar-refractivity contribution in [3.05, 3.63) is 53.1 Å². The van der Waals surface area contributed by atoms with E-state index in [1.807, 2.05) is 42.3 Å². The summed E-state index contributed by atoms with van der Waals surface area (Å²) in [4.78, 5) is 31.6. The minimum absolute atomic E-state index is 0.0407. The summed E-state index contributed by atoms with van der Waals surface area (Å²) >= 11 is 6.20. The van der Waals surface area contributed by atoms with Crippen LogP contribution in [-0.2, 0) is 4.79 Å². The molecule has 8 heteroatoms. The van der Waals surface area contributed by atoms with E-state index in [4.69, 9.17) is 11.6 Å². The number of hydrogen-bond acceptors (Lipinski definition) is 5. The Balaban J connectivity index is 1.31. The van der Waals surface area contributed by atoms with E-state index in [0.29, 0.717) is 29.6 Å².